The molecule has 0 fully saturated rings. The fourth-order valence-corrected chi connectivity index (χ4v) is 1.19. The maximum atomic E-state index is 10.6. The summed E-state index contributed by atoms with van der Waals surface area (Å²) < 4.78 is 0. The molecule has 1 aromatic rings. The fraction of sp³-hybridized carbons (Fsp3) is 0.200. The highest BCUT2D eigenvalue weighted by Gasteiger charge is 2.05. The van der Waals surface area contributed by atoms with Crippen LogP contribution >= 0.6 is 11.3 Å². The highest BCUT2D eigenvalue weighted by molar-refractivity contribution is 7.13. The number of nitrogens with one attached hydrogen (secondary N) is 1. The summed E-state index contributed by atoms with van der Waals surface area (Å²) in [5.41, 5.74) is 1.53. The van der Waals surface area contributed by atoms with E-state index in [9.17, 15) is 4.79 Å². The normalized spacial score (nSPS) is 9.40. The predicted molar refractivity (Wildman–Crippen MR) is 36.1 cm³/mol. The number of hydrogen-bond acceptors (Lipinski definition) is 4. The molecule has 4 nitrogen and oxygen atoms in total. The molecule has 1 heterocycles. The van der Waals surface area contributed by atoms with Gasteiger partial charge in [-0.3, -0.25) is 10.0 Å². The Kier molecular flexibility index (Phi) is 1.98. The van der Waals surface area contributed by atoms with E-state index in [0.717, 1.165) is 5.01 Å². The zero-order chi connectivity index (χ0) is 7.56. The van der Waals surface area contributed by atoms with E-state index in [1.807, 2.05) is 0 Å². The van der Waals surface area contributed by atoms with Crippen LogP contribution in [0.25, 0.3) is 0 Å². The second-order valence-electron chi connectivity index (χ2n) is 1.68. The highest BCUT2D eigenvalue weighted by Crippen LogP contribution is 2.10. The second-order valence-corrected chi connectivity index (χ2v) is 2.92. The van der Waals surface area contributed by atoms with Gasteiger partial charge in [-0.1, -0.05) is 0 Å². The first-order valence-corrected chi connectivity index (χ1v) is 3.42. The molecule has 0 aliphatic heterocycles. The van der Waals surface area contributed by atoms with Crippen molar-refractivity contribution >= 4 is 17.2 Å². The quantitative estimate of drug-likeness (QED) is 0.464. The van der Waals surface area contributed by atoms with E-state index in [2.05, 4.69) is 4.98 Å². The molecule has 0 aromatic carbocycles. The van der Waals surface area contributed by atoms with E-state index in [1.165, 1.54) is 23.0 Å². The lowest BCUT2D eigenvalue weighted by atomic mass is 10.5. The molecule has 0 spiro atoms. The van der Waals surface area contributed by atoms with Crippen molar-refractivity contribution in [3.63, 3.8) is 0 Å². The number of hydroxylamine groups is 1. The largest absolute Gasteiger partial charge is 0.288 e. The van der Waals surface area contributed by atoms with Gasteiger partial charge in [0.25, 0.3) is 5.91 Å². The molecule has 0 saturated carbocycles. The molecule has 10 heavy (non-hydrogen) atoms. The topological polar surface area (TPSA) is 62.2 Å². The smallest absolute Gasteiger partial charge is 0.286 e. The van der Waals surface area contributed by atoms with E-state index in [-0.39, 0.29) is 0 Å². The standard InChI is InChI=1S/C5H6N2O2S/c1-3-6-2-4(10-3)5(8)7-9/h2,9H,1H3,(H,7,8). The Morgan fingerprint density at radius 2 is 2.60 bits per heavy atom. The van der Waals surface area contributed by atoms with Gasteiger partial charge in [0.1, 0.15) is 4.88 Å². The van der Waals surface area contributed by atoms with Gasteiger partial charge in [0.15, 0.2) is 0 Å². The number of rotatable bonds is 1. The Hall–Kier alpha value is -0.940. The molecular formula is C5H6N2O2S. The summed E-state index contributed by atoms with van der Waals surface area (Å²) in [5.74, 6) is -0.509. The minimum Gasteiger partial charge on any atom is -0.288 e. The van der Waals surface area contributed by atoms with Crippen molar-refractivity contribution in [3.05, 3.63) is 16.1 Å². The van der Waals surface area contributed by atoms with Crippen LogP contribution in [0.2, 0.25) is 0 Å². The molecule has 1 amide bonds. The van der Waals surface area contributed by atoms with Gasteiger partial charge in [0.05, 0.1) is 11.2 Å². The first kappa shape index (κ1) is 7.17. The maximum absolute atomic E-state index is 10.6. The Bertz CT molecular complexity index is 246. The lowest BCUT2D eigenvalue weighted by Gasteiger charge is -1.88. The molecule has 0 aliphatic rings. The monoisotopic (exact) mass is 158 g/mol. The van der Waals surface area contributed by atoms with Gasteiger partial charge in [-0.25, -0.2) is 10.5 Å². The van der Waals surface area contributed by atoms with Crippen LogP contribution < -0.4 is 5.48 Å². The van der Waals surface area contributed by atoms with Crippen molar-refractivity contribution in [2.45, 2.75) is 6.92 Å². The number of thiazole rings is 1. The molecule has 2 N–H and O–H groups in total. The first-order valence-electron chi connectivity index (χ1n) is 2.61. The third-order valence-electron chi connectivity index (χ3n) is 0.947. The number of carbonyl (C=O) groups excluding carboxylic acids is 1. The molecule has 0 radical (unpaired) electrons. The van der Waals surface area contributed by atoms with Gasteiger partial charge >= 0.3 is 0 Å². The van der Waals surface area contributed by atoms with E-state index < -0.39 is 5.91 Å². The Balaban J connectivity index is 2.85. The first-order chi connectivity index (χ1) is 4.74. The number of hydrogen-bond donors (Lipinski definition) is 2. The van der Waals surface area contributed by atoms with Gasteiger partial charge in [-0.2, -0.15) is 0 Å². The van der Waals surface area contributed by atoms with E-state index in [0.29, 0.717) is 4.88 Å². The molecule has 1 rings (SSSR count). The molecule has 0 atom stereocenters. The maximum Gasteiger partial charge on any atom is 0.286 e. The fourth-order valence-electron chi connectivity index (χ4n) is 0.521. The third kappa shape index (κ3) is 1.31. The van der Waals surface area contributed by atoms with Crippen LogP contribution in [0.15, 0.2) is 6.20 Å². The van der Waals surface area contributed by atoms with Gasteiger partial charge < -0.3 is 0 Å². The minimum absolute atomic E-state index is 0.417. The molecule has 0 aliphatic carbocycles. The summed E-state index contributed by atoms with van der Waals surface area (Å²) in [4.78, 5) is 14.9. The molecule has 54 valence electrons. The lowest BCUT2D eigenvalue weighted by Crippen LogP contribution is -2.16. The average molecular weight is 158 g/mol. The van der Waals surface area contributed by atoms with Crippen molar-refractivity contribution < 1.29 is 10.0 Å². The number of aromatic nitrogens is 1. The van der Waals surface area contributed by atoms with Gasteiger partial charge in [0.2, 0.25) is 0 Å². The molecular weight excluding hydrogens is 152 g/mol. The van der Waals surface area contributed by atoms with Crippen molar-refractivity contribution in [3.8, 4) is 0 Å². The van der Waals surface area contributed by atoms with E-state index in [1.54, 1.807) is 6.92 Å². The van der Waals surface area contributed by atoms with Gasteiger partial charge in [0, 0.05) is 0 Å². The van der Waals surface area contributed by atoms with Crippen LogP contribution in [-0.2, 0) is 0 Å². The van der Waals surface area contributed by atoms with Crippen molar-refractivity contribution in [1.29, 1.82) is 0 Å². The Morgan fingerprint density at radius 1 is 1.90 bits per heavy atom. The highest BCUT2D eigenvalue weighted by atomic mass is 32.1. The Morgan fingerprint density at radius 3 is 3.00 bits per heavy atom. The summed E-state index contributed by atoms with van der Waals surface area (Å²) >= 11 is 1.24. The van der Waals surface area contributed by atoms with Crippen LogP contribution in [0.5, 0.6) is 0 Å². The molecule has 1 aromatic heterocycles. The summed E-state index contributed by atoms with van der Waals surface area (Å²) in [6.45, 7) is 1.79. The minimum atomic E-state index is -0.509. The molecule has 0 bridgehead atoms. The van der Waals surface area contributed by atoms with Crippen LogP contribution in [0, 0.1) is 6.92 Å². The molecule has 0 unspecified atom stereocenters. The summed E-state index contributed by atoms with van der Waals surface area (Å²) in [5, 5.41) is 8.98. The van der Waals surface area contributed by atoms with Gasteiger partial charge in [-0.05, 0) is 6.92 Å². The zero-order valence-corrected chi connectivity index (χ0v) is 6.10. The zero-order valence-electron chi connectivity index (χ0n) is 5.29. The number of amides is 1. The van der Waals surface area contributed by atoms with E-state index in [4.69, 9.17) is 5.21 Å². The molecule has 0 saturated heterocycles. The van der Waals surface area contributed by atoms with E-state index >= 15 is 0 Å². The summed E-state index contributed by atoms with van der Waals surface area (Å²) in [7, 11) is 0. The Labute approximate surface area is 61.5 Å². The summed E-state index contributed by atoms with van der Waals surface area (Å²) in [6, 6.07) is 0. The lowest BCUT2D eigenvalue weighted by molar-refractivity contribution is 0.0711. The van der Waals surface area contributed by atoms with Crippen molar-refractivity contribution in [2.24, 2.45) is 0 Å². The van der Waals surface area contributed by atoms with Crippen molar-refractivity contribution in [1.82, 2.24) is 10.5 Å². The molecule has 5 heteroatoms. The summed E-state index contributed by atoms with van der Waals surface area (Å²) in [6.07, 6.45) is 1.42. The van der Waals surface area contributed by atoms with Crippen LogP contribution in [0.4, 0.5) is 0 Å². The third-order valence-corrected chi connectivity index (χ3v) is 1.86. The second kappa shape index (κ2) is 2.76. The van der Waals surface area contributed by atoms with Crippen LogP contribution in [0.3, 0.4) is 0 Å². The van der Waals surface area contributed by atoms with Crippen LogP contribution in [-0.4, -0.2) is 16.1 Å². The SMILES string of the molecule is Cc1ncc(C(=O)NO)s1. The average Bonchev–Trinajstić information content (AvgIpc) is 2.34. The number of aryl methyl sites for hydroxylation is 1. The predicted octanol–water partition coefficient (Wildman–Crippen LogP) is 0.571. The number of nitrogens with zero attached hydrogens (tertiary/aromatic N) is 1. The van der Waals surface area contributed by atoms with Crippen LogP contribution in [0.1, 0.15) is 14.7 Å². The van der Waals surface area contributed by atoms with Crippen molar-refractivity contribution in [2.75, 3.05) is 0 Å². The van der Waals surface area contributed by atoms with Gasteiger partial charge in [-0.15, -0.1) is 11.3 Å². The number of carbonyl (C=O) groups is 1.